The molecular weight excluding hydrogens is 394 g/mol. The topological polar surface area (TPSA) is 113 Å². The number of benzene rings is 1. The second-order valence-corrected chi connectivity index (χ2v) is 7.49. The lowest BCUT2D eigenvalue weighted by Crippen LogP contribution is -2.52. The van der Waals surface area contributed by atoms with E-state index in [1.54, 1.807) is 38.1 Å². The van der Waals surface area contributed by atoms with E-state index in [9.17, 15) is 24.0 Å². The maximum Gasteiger partial charge on any atom is 0.258 e. The molecule has 0 radical (unpaired) electrons. The molecule has 2 rings (SSSR count). The summed E-state index contributed by atoms with van der Waals surface area (Å²) in [5.74, 6) is -1.85. The van der Waals surface area contributed by atoms with Crippen molar-refractivity contribution in [3.05, 3.63) is 42.0 Å². The SMILES string of the molecule is CC(C)[C@H](NC(=O)Cc1ccc(N2C(=O)C=CC2=O)cc1)C(=O)N[C@@H](C)C(=O)S. The molecule has 2 atom stereocenters. The molecule has 1 heterocycles. The molecule has 29 heavy (non-hydrogen) atoms. The summed E-state index contributed by atoms with van der Waals surface area (Å²) in [6, 6.07) is 4.88. The highest BCUT2D eigenvalue weighted by atomic mass is 32.1. The van der Waals surface area contributed by atoms with Gasteiger partial charge in [0, 0.05) is 12.2 Å². The Morgan fingerprint density at radius 3 is 2.00 bits per heavy atom. The Morgan fingerprint density at radius 1 is 0.966 bits per heavy atom. The summed E-state index contributed by atoms with van der Waals surface area (Å²) in [4.78, 5) is 60.4. The zero-order chi connectivity index (χ0) is 21.7. The fraction of sp³-hybridized carbons (Fsp3) is 0.350. The molecule has 0 aromatic heterocycles. The van der Waals surface area contributed by atoms with Gasteiger partial charge in [-0.15, -0.1) is 12.6 Å². The van der Waals surface area contributed by atoms with Crippen LogP contribution in [0.3, 0.4) is 0 Å². The predicted molar refractivity (Wildman–Crippen MR) is 110 cm³/mol. The number of rotatable bonds is 8. The predicted octanol–water partition coefficient (Wildman–Crippen LogP) is 0.760. The monoisotopic (exact) mass is 417 g/mol. The summed E-state index contributed by atoms with van der Waals surface area (Å²) in [5.41, 5.74) is 1.07. The number of carbonyl (C=O) groups is 5. The average molecular weight is 417 g/mol. The van der Waals surface area contributed by atoms with Crippen molar-refractivity contribution in [2.24, 2.45) is 5.92 Å². The molecule has 0 aliphatic carbocycles. The Bertz CT molecular complexity index is 845. The van der Waals surface area contributed by atoms with Gasteiger partial charge in [-0.2, -0.15) is 0 Å². The summed E-state index contributed by atoms with van der Waals surface area (Å²) in [5, 5.41) is 4.72. The van der Waals surface area contributed by atoms with E-state index in [-0.39, 0.29) is 18.2 Å². The van der Waals surface area contributed by atoms with Crippen LogP contribution in [0.5, 0.6) is 0 Å². The molecule has 154 valence electrons. The van der Waals surface area contributed by atoms with Gasteiger partial charge in [-0.1, -0.05) is 26.0 Å². The van der Waals surface area contributed by atoms with Gasteiger partial charge in [-0.05, 0) is 30.5 Å². The van der Waals surface area contributed by atoms with E-state index in [1.807, 2.05) is 0 Å². The molecule has 4 amide bonds. The number of anilines is 1. The number of carbonyl (C=O) groups excluding carboxylic acids is 5. The standard InChI is InChI=1S/C20H23N3O5S/c1-11(2)18(19(27)21-12(3)20(28)29)22-15(24)10-13-4-6-14(7-5-13)23-16(25)8-9-17(23)26/h4-9,11-12,18H,10H2,1-3H3,(H,21,27)(H,22,24)(H,28,29)/t12-,18-/m0/s1. The van der Waals surface area contributed by atoms with Crippen molar-refractivity contribution in [2.75, 3.05) is 4.90 Å². The third-order valence-electron chi connectivity index (χ3n) is 4.36. The summed E-state index contributed by atoms with van der Waals surface area (Å²) in [6.07, 6.45) is 2.41. The highest BCUT2D eigenvalue weighted by Gasteiger charge is 2.27. The Kier molecular flexibility index (Phi) is 7.33. The van der Waals surface area contributed by atoms with Crippen LogP contribution < -0.4 is 15.5 Å². The smallest absolute Gasteiger partial charge is 0.258 e. The zero-order valence-corrected chi connectivity index (χ0v) is 17.2. The van der Waals surface area contributed by atoms with E-state index >= 15 is 0 Å². The third-order valence-corrected chi connectivity index (χ3v) is 4.75. The minimum absolute atomic E-state index is 0.0119. The van der Waals surface area contributed by atoms with Crippen molar-refractivity contribution < 1.29 is 24.0 Å². The first kappa shape index (κ1) is 22.4. The van der Waals surface area contributed by atoms with E-state index in [0.29, 0.717) is 11.3 Å². The maximum absolute atomic E-state index is 12.4. The van der Waals surface area contributed by atoms with Crippen molar-refractivity contribution in [1.82, 2.24) is 10.6 Å². The summed E-state index contributed by atoms with van der Waals surface area (Å²) < 4.78 is 0. The van der Waals surface area contributed by atoms with Crippen LogP contribution in [0.15, 0.2) is 36.4 Å². The molecule has 0 saturated heterocycles. The maximum atomic E-state index is 12.4. The molecular formula is C20H23N3O5S. The molecule has 8 nitrogen and oxygen atoms in total. The molecule has 0 saturated carbocycles. The fourth-order valence-electron chi connectivity index (χ4n) is 2.73. The number of nitrogens with one attached hydrogen (secondary N) is 2. The van der Waals surface area contributed by atoms with Crippen LogP contribution >= 0.6 is 12.6 Å². The minimum atomic E-state index is -0.803. The second kappa shape index (κ2) is 9.51. The van der Waals surface area contributed by atoms with Gasteiger partial charge in [0.05, 0.1) is 18.2 Å². The molecule has 1 aliphatic heterocycles. The first-order valence-electron chi connectivity index (χ1n) is 9.07. The molecule has 9 heteroatoms. The molecule has 0 bridgehead atoms. The zero-order valence-electron chi connectivity index (χ0n) is 16.3. The Morgan fingerprint density at radius 2 is 1.52 bits per heavy atom. The van der Waals surface area contributed by atoms with Gasteiger partial charge in [0.1, 0.15) is 6.04 Å². The van der Waals surface area contributed by atoms with E-state index in [4.69, 9.17) is 0 Å². The lowest BCUT2D eigenvalue weighted by Gasteiger charge is -2.23. The number of imide groups is 1. The number of hydrogen-bond donors (Lipinski definition) is 3. The normalized spacial score (nSPS) is 15.4. The van der Waals surface area contributed by atoms with Crippen molar-refractivity contribution >= 4 is 47.1 Å². The first-order valence-corrected chi connectivity index (χ1v) is 9.52. The Hall–Kier alpha value is -2.94. The number of nitrogens with zero attached hydrogens (tertiary/aromatic N) is 1. The molecule has 0 fully saturated rings. The average Bonchev–Trinajstić information content (AvgIpc) is 2.98. The summed E-state index contributed by atoms with van der Waals surface area (Å²) >= 11 is 3.68. The van der Waals surface area contributed by atoms with Crippen LogP contribution in [-0.2, 0) is 30.4 Å². The summed E-state index contributed by atoms with van der Waals surface area (Å²) in [7, 11) is 0. The van der Waals surface area contributed by atoms with Crippen LogP contribution in [0.2, 0.25) is 0 Å². The highest BCUT2D eigenvalue weighted by molar-refractivity contribution is 7.96. The van der Waals surface area contributed by atoms with E-state index in [0.717, 1.165) is 4.90 Å². The van der Waals surface area contributed by atoms with Crippen molar-refractivity contribution in [1.29, 1.82) is 0 Å². The number of thiol groups is 1. The van der Waals surface area contributed by atoms with Gasteiger partial charge in [0.25, 0.3) is 11.8 Å². The van der Waals surface area contributed by atoms with Crippen molar-refractivity contribution in [3.8, 4) is 0 Å². The molecule has 1 aliphatic rings. The third kappa shape index (κ3) is 5.77. The van der Waals surface area contributed by atoms with E-state index < -0.39 is 34.9 Å². The van der Waals surface area contributed by atoms with Crippen LogP contribution in [0.25, 0.3) is 0 Å². The highest BCUT2D eigenvalue weighted by Crippen LogP contribution is 2.19. The van der Waals surface area contributed by atoms with Gasteiger partial charge in [0.15, 0.2) is 0 Å². The molecule has 0 spiro atoms. The van der Waals surface area contributed by atoms with Gasteiger partial charge in [-0.3, -0.25) is 24.0 Å². The number of hydrogen-bond acceptors (Lipinski definition) is 5. The Balaban J connectivity index is 1.99. The van der Waals surface area contributed by atoms with Gasteiger partial charge in [-0.25, -0.2) is 4.90 Å². The van der Waals surface area contributed by atoms with Crippen LogP contribution in [0.1, 0.15) is 26.3 Å². The van der Waals surface area contributed by atoms with Crippen LogP contribution in [-0.4, -0.2) is 40.8 Å². The molecule has 2 N–H and O–H groups in total. The van der Waals surface area contributed by atoms with E-state index in [1.165, 1.54) is 19.1 Å². The minimum Gasteiger partial charge on any atom is -0.344 e. The van der Waals surface area contributed by atoms with Crippen LogP contribution in [0.4, 0.5) is 5.69 Å². The number of amides is 4. The van der Waals surface area contributed by atoms with Crippen molar-refractivity contribution in [2.45, 2.75) is 39.3 Å². The Labute approximate surface area is 174 Å². The summed E-state index contributed by atoms with van der Waals surface area (Å²) in [6.45, 7) is 5.08. The quantitative estimate of drug-likeness (QED) is 0.427. The fourth-order valence-corrected chi connectivity index (χ4v) is 2.79. The van der Waals surface area contributed by atoms with Gasteiger partial charge in [0.2, 0.25) is 16.9 Å². The molecule has 1 aromatic rings. The van der Waals surface area contributed by atoms with Crippen molar-refractivity contribution in [3.63, 3.8) is 0 Å². The second-order valence-electron chi connectivity index (χ2n) is 7.05. The molecule has 0 unspecified atom stereocenters. The van der Waals surface area contributed by atoms with Gasteiger partial charge < -0.3 is 10.6 Å². The lowest BCUT2D eigenvalue weighted by molar-refractivity contribution is -0.131. The lowest BCUT2D eigenvalue weighted by atomic mass is 10.0. The van der Waals surface area contributed by atoms with Gasteiger partial charge >= 0.3 is 0 Å². The largest absolute Gasteiger partial charge is 0.344 e. The first-order chi connectivity index (χ1) is 13.6. The van der Waals surface area contributed by atoms with E-state index in [2.05, 4.69) is 23.3 Å². The van der Waals surface area contributed by atoms with Crippen LogP contribution in [0, 0.1) is 5.92 Å². The molecule has 1 aromatic carbocycles.